The lowest BCUT2D eigenvalue weighted by atomic mass is 10.1. The van der Waals surface area contributed by atoms with Crippen molar-refractivity contribution >= 4 is 23.6 Å². The minimum absolute atomic E-state index is 0.0235. The lowest BCUT2D eigenvalue weighted by molar-refractivity contribution is -0.140. The van der Waals surface area contributed by atoms with Crippen LogP contribution in [0.1, 0.15) is 37.8 Å². The molecule has 6 heteroatoms. The fourth-order valence-electron chi connectivity index (χ4n) is 2.94. The minimum Gasteiger partial charge on any atom is -0.497 e. The highest BCUT2D eigenvalue weighted by molar-refractivity contribution is 7.99. The number of benzene rings is 2. The third-order valence-corrected chi connectivity index (χ3v) is 5.85. The van der Waals surface area contributed by atoms with Crippen molar-refractivity contribution in [1.82, 2.24) is 10.2 Å². The third kappa shape index (κ3) is 7.41. The second-order valence-electron chi connectivity index (χ2n) is 7.25. The number of ether oxygens (including phenoxy) is 1. The summed E-state index contributed by atoms with van der Waals surface area (Å²) in [6.07, 6.45) is 1.23. The Balaban J connectivity index is 2.04. The summed E-state index contributed by atoms with van der Waals surface area (Å²) in [6, 6.07) is 15.3. The zero-order valence-corrected chi connectivity index (χ0v) is 19.1. The van der Waals surface area contributed by atoms with E-state index in [9.17, 15) is 9.59 Å². The summed E-state index contributed by atoms with van der Waals surface area (Å²) in [4.78, 5) is 28.4. The Morgan fingerprint density at radius 1 is 1.10 bits per heavy atom. The topological polar surface area (TPSA) is 58.6 Å². The molecule has 1 N–H and O–H groups in total. The molecular weight excluding hydrogens is 396 g/mol. The van der Waals surface area contributed by atoms with Crippen LogP contribution in [-0.2, 0) is 16.1 Å². The van der Waals surface area contributed by atoms with Crippen molar-refractivity contribution in [2.24, 2.45) is 0 Å². The summed E-state index contributed by atoms with van der Waals surface area (Å²) in [5.41, 5.74) is 2.18. The molecule has 0 unspecified atom stereocenters. The Morgan fingerprint density at radius 3 is 2.37 bits per heavy atom. The van der Waals surface area contributed by atoms with Crippen molar-refractivity contribution in [3.63, 3.8) is 0 Å². The van der Waals surface area contributed by atoms with Crippen LogP contribution in [0, 0.1) is 6.92 Å². The zero-order chi connectivity index (χ0) is 21.9. The van der Waals surface area contributed by atoms with Gasteiger partial charge in [0.05, 0.1) is 7.11 Å². The SMILES string of the molecule is CCCNC(=O)[C@H](C)N(Cc1ccc(OC)cc1)C(=O)CCSc1ccc(C)cc1. The second kappa shape index (κ2) is 12.3. The average Bonchev–Trinajstić information content (AvgIpc) is 2.77. The van der Waals surface area contributed by atoms with E-state index in [1.54, 1.807) is 30.7 Å². The molecule has 0 radical (unpaired) electrons. The molecule has 2 amide bonds. The monoisotopic (exact) mass is 428 g/mol. The highest BCUT2D eigenvalue weighted by Crippen LogP contribution is 2.21. The molecule has 162 valence electrons. The molecule has 0 aliphatic carbocycles. The largest absolute Gasteiger partial charge is 0.497 e. The number of amides is 2. The Kier molecular flexibility index (Phi) is 9.74. The van der Waals surface area contributed by atoms with E-state index in [0.717, 1.165) is 22.6 Å². The predicted octanol–water partition coefficient (Wildman–Crippen LogP) is 4.43. The smallest absolute Gasteiger partial charge is 0.242 e. The number of methoxy groups -OCH3 is 1. The Hall–Kier alpha value is -2.47. The standard InChI is InChI=1S/C24H32N2O3S/c1-5-15-25-24(28)19(3)26(17-20-8-10-21(29-4)11-9-20)23(27)14-16-30-22-12-6-18(2)7-13-22/h6-13,19H,5,14-17H2,1-4H3,(H,25,28)/t19-/m0/s1. The first-order valence-electron chi connectivity index (χ1n) is 10.3. The van der Waals surface area contributed by atoms with Crippen molar-refractivity contribution in [2.75, 3.05) is 19.4 Å². The van der Waals surface area contributed by atoms with E-state index >= 15 is 0 Å². The van der Waals surface area contributed by atoms with Crippen molar-refractivity contribution in [2.45, 2.75) is 51.1 Å². The number of rotatable bonds is 11. The first kappa shape index (κ1) is 23.8. The van der Waals surface area contributed by atoms with Crippen LogP contribution in [0.5, 0.6) is 5.75 Å². The summed E-state index contributed by atoms with van der Waals surface area (Å²) in [7, 11) is 1.62. The van der Waals surface area contributed by atoms with Gasteiger partial charge in [-0.25, -0.2) is 0 Å². The van der Waals surface area contributed by atoms with Gasteiger partial charge in [0.25, 0.3) is 0 Å². The predicted molar refractivity (Wildman–Crippen MR) is 123 cm³/mol. The maximum atomic E-state index is 13.0. The van der Waals surface area contributed by atoms with Gasteiger partial charge in [-0.1, -0.05) is 36.8 Å². The number of carbonyl (C=O) groups excluding carboxylic acids is 2. The Bertz CT molecular complexity index is 806. The van der Waals surface area contributed by atoms with E-state index < -0.39 is 6.04 Å². The summed E-state index contributed by atoms with van der Waals surface area (Å²) < 4.78 is 5.21. The Morgan fingerprint density at radius 2 is 1.77 bits per heavy atom. The number of nitrogens with one attached hydrogen (secondary N) is 1. The van der Waals surface area contributed by atoms with Crippen molar-refractivity contribution < 1.29 is 14.3 Å². The summed E-state index contributed by atoms with van der Waals surface area (Å²) in [5, 5.41) is 2.90. The second-order valence-corrected chi connectivity index (χ2v) is 8.42. The fraction of sp³-hybridized carbons (Fsp3) is 0.417. The molecule has 0 spiro atoms. The van der Waals surface area contributed by atoms with Gasteiger partial charge >= 0.3 is 0 Å². The van der Waals surface area contributed by atoms with Crippen LogP contribution in [0.15, 0.2) is 53.4 Å². The van der Waals surface area contributed by atoms with Crippen LogP contribution in [0.2, 0.25) is 0 Å². The number of carbonyl (C=O) groups is 2. The molecule has 0 fully saturated rings. The summed E-state index contributed by atoms with van der Waals surface area (Å²) in [5.74, 6) is 1.29. The van der Waals surface area contributed by atoms with Crippen molar-refractivity contribution in [3.8, 4) is 5.75 Å². The molecule has 2 rings (SSSR count). The molecule has 30 heavy (non-hydrogen) atoms. The summed E-state index contributed by atoms with van der Waals surface area (Å²) in [6.45, 7) is 6.85. The van der Waals surface area contributed by atoms with E-state index in [1.165, 1.54) is 5.56 Å². The van der Waals surface area contributed by atoms with Gasteiger partial charge in [-0.05, 0) is 50.1 Å². The van der Waals surface area contributed by atoms with Gasteiger partial charge in [-0.3, -0.25) is 9.59 Å². The van der Waals surface area contributed by atoms with Gasteiger partial charge in [-0.15, -0.1) is 11.8 Å². The van der Waals surface area contributed by atoms with E-state index in [1.807, 2.05) is 31.2 Å². The normalized spacial score (nSPS) is 11.6. The molecule has 0 saturated carbocycles. The maximum Gasteiger partial charge on any atom is 0.242 e. The van der Waals surface area contributed by atoms with Crippen LogP contribution >= 0.6 is 11.8 Å². The quantitative estimate of drug-likeness (QED) is 0.538. The minimum atomic E-state index is -0.532. The lowest BCUT2D eigenvalue weighted by Crippen LogP contribution is -2.47. The molecule has 0 bridgehead atoms. The fourth-order valence-corrected chi connectivity index (χ4v) is 3.78. The van der Waals surface area contributed by atoms with Crippen molar-refractivity contribution in [1.29, 1.82) is 0 Å². The van der Waals surface area contributed by atoms with E-state index in [0.29, 0.717) is 25.3 Å². The zero-order valence-electron chi connectivity index (χ0n) is 18.3. The van der Waals surface area contributed by atoms with Crippen LogP contribution < -0.4 is 10.1 Å². The van der Waals surface area contributed by atoms with Crippen molar-refractivity contribution in [3.05, 3.63) is 59.7 Å². The molecule has 5 nitrogen and oxygen atoms in total. The number of hydrogen-bond acceptors (Lipinski definition) is 4. The Labute approximate surface area is 184 Å². The van der Waals surface area contributed by atoms with Gasteiger partial charge in [-0.2, -0.15) is 0 Å². The van der Waals surface area contributed by atoms with Crippen LogP contribution in [0.4, 0.5) is 0 Å². The number of hydrogen-bond donors (Lipinski definition) is 1. The van der Waals surface area contributed by atoms with Gasteiger partial charge in [0.2, 0.25) is 11.8 Å². The van der Waals surface area contributed by atoms with Crippen LogP contribution in [0.3, 0.4) is 0 Å². The first-order valence-corrected chi connectivity index (χ1v) is 11.3. The van der Waals surface area contributed by atoms with Gasteiger partial charge in [0.1, 0.15) is 11.8 Å². The molecule has 0 aromatic heterocycles. The molecule has 2 aromatic carbocycles. The number of nitrogens with zero attached hydrogens (tertiary/aromatic N) is 1. The maximum absolute atomic E-state index is 13.0. The molecule has 0 heterocycles. The molecule has 0 aliphatic rings. The molecule has 0 aliphatic heterocycles. The highest BCUT2D eigenvalue weighted by Gasteiger charge is 2.25. The van der Waals surface area contributed by atoms with Gasteiger partial charge in [0.15, 0.2) is 0 Å². The summed E-state index contributed by atoms with van der Waals surface area (Å²) >= 11 is 1.66. The number of thioether (sulfide) groups is 1. The van der Waals surface area contributed by atoms with Gasteiger partial charge in [0, 0.05) is 30.2 Å². The molecular formula is C24H32N2O3S. The third-order valence-electron chi connectivity index (χ3n) is 4.83. The van der Waals surface area contributed by atoms with E-state index in [4.69, 9.17) is 4.74 Å². The van der Waals surface area contributed by atoms with Crippen LogP contribution in [-0.4, -0.2) is 42.2 Å². The van der Waals surface area contributed by atoms with Gasteiger partial charge < -0.3 is 15.0 Å². The first-order chi connectivity index (χ1) is 14.4. The molecule has 2 aromatic rings. The van der Waals surface area contributed by atoms with E-state index in [2.05, 4.69) is 36.5 Å². The molecule has 1 atom stereocenters. The van der Waals surface area contributed by atoms with Crippen LogP contribution in [0.25, 0.3) is 0 Å². The average molecular weight is 429 g/mol. The molecule has 0 saturated heterocycles. The lowest BCUT2D eigenvalue weighted by Gasteiger charge is -2.29. The highest BCUT2D eigenvalue weighted by atomic mass is 32.2. The number of aryl methyl sites for hydroxylation is 1. The van der Waals surface area contributed by atoms with E-state index in [-0.39, 0.29) is 11.8 Å².